The van der Waals surface area contributed by atoms with Crippen molar-refractivity contribution in [2.75, 3.05) is 13.7 Å². The van der Waals surface area contributed by atoms with E-state index in [1.807, 2.05) is 4.72 Å². The number of nitrogens with zero attached hydrogens (tertiary/aromatic N) is 3. The molecule has 1 saturated heterocycles. The van der Waals surface area contributed by atoms with Gasteiger partial charge in [-0.3, -0.25) is 14.4 Å². The molecule has 1 aromatic heterocycles. The number of hydrogen-bond acceptors (Lipinski definition) is 11. The number of rotatable bonds is 8. The maximum absolute atomic E-state index is 14.8. The fraction of sp³-hybridized carbons (Fsp3) is 0.692. The zero-order chi connectivity index (χ0) is 41.9. The van der Waals surface area contributed by atoms with Crippen LogP contribution in [0.3, 0.4) is 0 Å². The Hall–Kier alpha value is -4.06. The van der Waals surface area contributed by atoms with Crippen LogP contribution in [0.1, 0.15) is 91.2 Å². The lowest BCUT2D eigenvalue weighted by molar-refractivity contribution is -0.144. The van der Waals surface area contributed by atoms with Crippen LogP contribution in [0, 0.1) is 23.2 Å². The zero-order valence-corrected chi connectivity index (χ0v) is 34.8. The number of methoxy groups -OCH3 is 1. The smallest absolute Gasteiger partial charge is 0.408 e. The lowest BCUT2D eigenvalue weighted by Crippen LogP contribution is -2.61. The maximum atomic E-state index is 14.8. The molecule has 5 aliphatic rings. The van der Waals surface area contributed by atoms with Crippen LogP contribution in [-0.2, 0) is 35.6 Å². The van der Waals surface area contributed by atoms with E-state index in [2.05, 4.69) is 10.6 Å². The van der Waals surface area contributed by atoms with Crippen molar-refractivity contribution in [3.63, 3.8) is 0 Å². The minimum absolute atomic E-state index is 0.0577. The summed E-state index contributed by atoms with van der Waals surface area (Å²) in [6.45, 7) is 6.80. The van der Waals surface area contributed by atoms with Crippen molar-refractivity contribution in [3.8, 4) is 11.6 Å². The summed E-state index contributed by atoms with van der Waals surface area (Å²) in [6.07, 6.45) is -0.663. The van der Waals surface area contributed by atoms with Crippen LogP contribution in [0.2, 0.25) is 0 Å². The van der Waals surface area contributed by atoms with Gasteiger partial charge in [0.1, 0.15) is 41.3 Å². The number of amides is 4. The molecule has 3 aliphatic carbocycles. The van der Waals surface area contributed by atoms with Crippen molar-refractivity contribution in [2.45, 2.75) is 132 Å². The summed E-state index contributed by atoms with van der Waals surface area (Å²) in [6, 6.07) is 2.66. The Morgan fingerprint density at radius 1 is 1.10 bits per heavy atom. The van der Waals surface area contributed by atoms with Crippen molar-refractivity contribution < 1.29 is 50.6 Å². The third-order valence-corrected chi connectivity index (χ3v) is 15.0. The van der Waals surface area contributed by atoms with Crippen molar-refractivity contribution in [1.82, 2.24) is 30.2 Å². The van der Waals surface area contributed by atoms with E-state index < -0.39 is 91.9 Å². The number of nitrogens with one attached hydrogen (secondary N) is 3. The van der Waals surface area contributed by atoms with Crippen molar-refractivity contribution in [3.05, 3.63) is 23.9 Å². The second-order valence-corrected chi connectivity index (χ2v) is 20.3. The molecule has 7 rings (SSSR count). The summed E-state index contributed by atoms with van der Waals surface area (Å²) in [5.74, 6) is -4.55. The number of carbonyl (C=O) groups excluding carboxylic acids is 4. The average Bonchev–Trinajstić information content (AvgIpc) is 4.11. The number of alkyl halides is 3. The number of carbonyl (C=O) groups is 4. The highest BCUT2D eigenvalue weighted by Crippen LogP contribution is 2.51. The van der Waals surface area contributed by atoms with Crippen LogP contribution in [0.4, 0.5) is 13.6 Å². The summed E-state index contributed by atoms with van der Waals surface area (Å²) in [5.41, 5.74) is -1.53. The minimum atomic E-state index is -4.48. The molecule has 3 saturated carbocycles. The molecule has 3 heterocycles. The first kappa shape index (κ1) is 42.1. The van der Waals surface area contributed by atoms with Crippen molar-refractivity contribution in [1.29, 1.82) is 0 Å². The Balaban J connectivity index is 1.27. The standard InChI is InChI=1S/C39H51ClF2N6O9S/c1-6-22-28-19-48(29(22)32(49)46-39(18-23(39)31(41)42)35(51)47-58(53,54)38(40)14-15-38)34(50)30(37(2,3)4)45-36(52)57-27-16-20(27)10-8-7-9-11-25-33(56-28)44-26-17-21(55-5)12-13-24(26)43-25/h12-13,17,20,22-23,27-31H,6-11,14-16,18-19H2,1-5H3,(H,45,52)(H,46,49)(H,47,51)/t20-,22-,23?,27-,28+,29+,30-,39-/m1/s1. The van der Waals surface area contributed by atoms with E-state index in [1.54, 1.807) is 45.9 Å². The van der Waals surface area contributed by atoms with Gasteiger partial charge in [0.2, 0.25) is 24.1 Å². The van der Waals surface area contributed by atoms with Crippen LogP contribution in [-0.4, -0.2) is 101 Å². The quantitative estimate of drug-likeness (QED) is 0.315. The molecule has 1 unspecified atom stereocenters. The first-order valence-corrected chi connectivity index (χ1v) is 21.8. The van der Waals surface area contributed by atoms with Crippen LogP contribution in [0.15, 0.2) is 18.2 Å². The second-order valence-electron chi connectivity index (χ2n) is 17.4. The monoisotopic (exact) mass is 852 g/mol. The molecule has 19 heteroatoms. The molecular formula is C39H51ClF2N6O9S. The van der Waals surface area contributed by atoms with Gasteiger partial charge in [-0.15, -0.1) is 0 Å². The molecule has 4 amide bonds. The van der Waals surface area contributed by atoms with E-state index in [4.69, 9.17) is 35.8 Å². The molecule has 58 heavy (non-hydrogen) atoms. The number of fused-ring (bicyclic) bond motifs is 5. The molecule has 15 nitrogen and oxygen atoms in total. The van der Waals surface area contributed by atoms with Gasteiger partial charge in [0.25, 0.3) is 15.9 Å². The minimum Gasteiger partial charge on any atom is -0.497 e. The molecule has 1 aromatic carbocycles. The largest absolute Gasteiger partial charge is 0.497 e. The number of sulfonamides is 1. The summed E-state index contributed by atoms with van der Waals surface area (Å²) >= 11 is 6.11. The van der Waals surface area contributed by atoms with Gasteiger partial charge in [0.15, 0.2) is 4.21 Å². The molecule has 3 N–H and O–H groups in total. The van der Waals surface area contributed by atoms with Crippen LogP contribution >= 0.6 is 11.6 Å². The maximum Gasteiger partial charge on any atom is 0.408 e. The number of ether oxygens (including phenoxy) is 3. The van der Waals surface area contributed by atoms with Gasteiger partial charge in [-0.2, -0.15) is 0 Å². The van der Waals surface area contributed by atoms with Crippen LogP contribution in [0.5, 0.6) is 11.6 Å². The number of benzene rings is 1. The SMILES string of the molecule is CC[C@@H]1[C@@H]2CN(C(=O)[C@H](C(C)(C)C)NC(=O)O[C@@H]3C[C@H]3CCCCCc3nc4ccc(OC)cc4nc3O2)[C@@H]1C(=O)N[C@]1(C(=O)NS(=O)(=O)C2(Cl)CC2)CC1C(F)F. The van der Waals surface area contributed by atoms with Crippen molar-refractivity contribution in [2.24, 2.45) is 23.2 Å². The third-order valence-electron chi connectivity index (χ3n) is 12.2. The second kappa shape index (κ2) is 15.5. The first-order valence-electron chi connectivity index (χ1n) is 20.0. The molecule has 0 spiro atoms. The fourth-order valence-corrected chi connectivity index (χ4v) is 9.76. The van der Waals surface area contributed by atoms with Gasteiger partial charge in [0.05, 0.1) is 30.6 Å². The van der Waals surface area contributed by atoms with Crippen molar-refractivity contribution >= 4 is 56.5 Å². The number of aryl methyl sites for hydroxylation is 1. The normalized spacial score (nSPS) is 31.1. The topological polar surface area (TPSA) is 195 Å². The summed E-state index contributed by atoms with van der Waals surface area (Å²) in [5, 5.41) is 5.20. The Kier molecular flexibility index (Phi) is 11.3. The number of hydrogen-bond donors (Lipinski definition) is 3. The summed E-state index contributed by atoms with van der Waals surface area (Å²) in [7, 11) is -2.95. The predicted molar refractivity (Wildman–Crippen MR) is 207 cm³/mol. The predicted octanol–water partition coefficient (Wildman–Crippen LogP) is 4.58. The molecule has 2 aliphatic heterocycles. The zero-order valence-electron chi connectivity index (χ0n) is 33.2. The molecule has 2 aromatic rings. The van der Waals surface area contributed by atoms with Gasteiger partial charge in [-0.25, -0.2) is 36.7 Å². The van der Waals surface area contributed by atoms with Gasteiger partial charge >= 0.3 is 6.09 Å². The van der Waals surface area contributed by atoms with E-state index in [0.717, 1.165) is 25.7 Å². The van der Waals surface area contributed by atoms with Crippen LogP contribution in [0.25, 0.3) is 11.0 Å². The lowest BCUT2D eigenvalue weighted by Gasteiger charge is -2.36. The Morgan fingerprint density at radius 3 is 2.48 bits per heavy atom. The molecular weight excluding hydrogens is 802 g/mol. The molecule has 2 bridgehead atoms. The molecule has 8 atom stereocenters. The highest BCUT2D eigenvalue weighted by Gasteiger charge is 2.68. The Labute approximate surface area is 341 Å². The highest BCUT2D eigenvalue weighted by molar-refractivity contribution is 7.93. The molecule has 318 valence electrons. The van der Waals surface area contributed by atoms with Gasteiger partial charge < -0.3 is 29.7 Å². The Bertz CT molecular complexity index is 2080. The van der Waals surface area contributed by atoms with E-state index in [1.165, 1.54) is 12.0 Å². The number of alkyl carbamates (subject to hydrolysis) is 1. The lowest BCUT2D eigenvalue weighted by atomic mass is 9.85. The first-order chi connectivity index (χ1) is 27.3. The highest BCUT2D eigenvalue weighted by atomic mass is 35.5. The third kappa shape index (κ3) is 8.23. The van der Waals surface area contributed by atoms with Crippen LogP contribution < -0.4 is 24.8 Å². The molecule has 4 fully saturated rings. The average molecular weight is 853 g/mol. The number of halogens is 3. The fourth-order valence-electron chi connectivity index (χ4n) is 8.30. The van der Waals surface area contributed by atoms with E-state index in [-0.39, 0.29) is 43.7 Å². The number of aromatic nitrogens is 2. The van der Waals surface area contributed by atoms with E-state index >= 15 is 0 Å². The summed E-state index contributed by atoms with van der Waals surface area (Å²) in [4.78, 5) is 67.4. The van der Waals surface area contributed by atoms with Gasteiger partial charge in [0, 0.05) is 12.0 Å². The summed E-state index contributed by atoms with van der Waals surface area (Å²) < 4.78 is 72.5. The van der Waals surface area contributed by atoms with E-state index in [9.17, 15) is 36.4 Å². The van der Waals surface area contributed by atoms with E-state index in [0.29, 0.717) is 35.3 Å². The Morgan fingerprint density at radius 2 is 1.84 bits per heavy atom. The van der Waals surface area contributed by atoms with Gasteiger partial charge in [-0.1, -0.05) is 52.1 Å². The van der Waals surface area contributed by atoms with Gasteiger partial charge in [-0.05, 0) is 74.8 Å². The molecule has 0 radical (unpaired) electrons.